The number of hydrogen-bond donors (Lipinski definition) is 3. The molecule has 0 saturated carbocycles. The van der Waals surface area contributed by atoms with Gasteiger partial charge in [-0.1, -0.05) is 294 Å². The van der Waals surface area contributed by atoms with Crippen LogP contribution in [0.2, 0.25) is 0 Å². The smallest absolute Gasteiger partial charge is 0.220 e. The number of hydrogen-bond acceptors (Lipinski definition) is 3. The Morgan fingerprint density at radius 2 is 0.629 bits per heavy atom. The van der Waals surface area contributed by atoms with Crippen LogP contribution >= 0.6 is 0 Å². The molecule has 0 radical (unpaired) electrons. The van der Waals surface area contributed by atoms with Gasteiger partial charge in [0.2, 0.25) is 5.91 Å². The summed E-state index contributed by atoms with van der Waals surface area (Å²) in [4.78, 5) is 12.5. The van der Waals surface area contributed by atoms with Crippen molar-refractivity contribution in [2.75, 3.05) is 6.61 Å². The molecule has 0 rings (SSSR count). The van der Waals surface area contributed by atoms with Crippen molar-refractivity contribution in [3.05, 3.63) is 36.5 Å². The van der Waals surface area contributed by atoms with Crippen LogP contribution in [0.15, 0.2) is 36.5 Å². The van der Waals surface area contributed by atoms with Crippen molar-refractivity contribution in [3.8, 4) is 0 Å². The molecule has 2 atom stereocenters. The van der Waals surface area contributed by atoms with Crippen LogP contribution < -0.4 is 5.32 Å². The summed E-state index contributed by atoms with van der Waals surface area (Å²) in [6.45, 7) is 4.33. The fraction of sp³-hybridized carbons (Fsp3) is 0.879. The third-order valence-corrected chi connectivity index (χ3v) is 13.1. The summed E-state index contributed by atoms with van der Waals surface area (Å²) in [5, 5.41) is 23.1. The maximum absolute atomic E-state index is 12.5. The van der Waals surface area contributed by atoms with Gasteiger partial charge in [0.05, 0.1) is 18.8 Å². The maximum atomic E-state index is 12.5. The van der Waals surface area contributed by atoms with Gasteiger partial charge in [0.15, 0.2) is 0 Å². The lowest BCUT2D eigenvalue weighted by atomic mass is 10.0. The first kappa shape index (κ1) is 60.6. The maximum Gasteiger partial charge on any atom is 0.220 e. The van der Waals surface area contributed by atoms with Crippen LogP contribution in [0.1, 0.15) is 309 Å². The largest absolute Gasteiger partial charge is 0.394 e. The number of carbonyl (C=O) groups excluding carboxylic acids is 1. The van der Waals surface area contributed by atoms with Crippen molar-refractivity contribution in [2.24, 2.45) is 0 Å². The number of aliphatic hydroxyl groups is 2. The Kier molecular flexibility index (Phi) is 52.7. The zero-order valence-corrected chi connectivity index (χ0v) is 42.2. The summed E-state index contributed by atoms with van der Waals surface area (Å²) in [6, 6.07) is -0.644. The third kappa shape index (κ3) is 49.6. The highest BCUT2D eigenvalue weighted by atomic mass is 16.3. The normalized spacial score (nSPS) is 13.0. The van der Waals surface area contributed by atoms with Crippen LogP contribution in [0.25, 0.3) is 0 Å². The molecule has 1 amide bonds. The molecule has 0 fully saturated rings. The minimum absolute atomic E-state index is 0.0722. The van der Waals surface area contributed by atoms with E-state index in [2.05, 4.69) is 43.5 Å². The quantitative estimate of drug-likeness (QED) is 0.0421. The number of nitrogens with one attached hydrogen (secondary N) is 1. The van der Waals surface area contributed by atoms with E-state index < -0.39 is 12.1 Å². The van der Waals surface area contributed by atoms with Gasteiger partial charge in [-0.15, -0.1) is 0 Å². The Morgan fingerprint density at radius 3 is 0.935 bits per heavy atom. The Bertz CT molecular complexity index is 943. The molecule has 0 aromatic heterocycles. The van der Waals surface area contributed by atoms with Gasteiger partial charge in [-0.3, -0.25) is 4.79 Å². The van der Waals surface area contributed by atoms with Crippen molar-refractivity contribution >= 4 is 5.91 Å². The molecule has 0 aliphatic heterocycles. The number of rotatable bonds is 52. The molecule has 4 heteroatoms. The summed E-state index contributed by atoms with van der Waals surface area (Å²) in [5.74, 6) is -0.0722. The molecule has 62 heavy (non-hydrogen) atoms. The first-order chi connectivity index (χ1) is 30.7. The second-order valence-corrected chi connectivity index (χ2v) is 19.3. The summed E-state index contributed by atoms with van der Waals surface area (Å²) in [7, 11) is 0. The van der Waals surface area contributed by atoms with E-state index in [1.54, 1.807) is 6.08 Å². The topological polar surface area (TPSA) is 69.6 Å². The van der Waals surface area contributed by atoms with Crippen molar-refractivity contribution in [2.45, 2.75) is 321 Å². The molecule has 0 saturated heterocycles. The monoisotopic (exact) mass is 870 g/mol. The molecule has 366 valence electrons. The molecule has 0 bridgehead atoms. The Hall–Kier alpha value is -1.39. The third-order valence-electron chi connectivity index (χ3n) is 13.1. The highest BCUT2D eigenvalue weighted by molar-refractivity contribution is 5.76. The number of allylic oxidation sites excluding steroid dienone is 5. The predicted molar refractivity (Wildman–Crippen MR) is 276 cm³/mol. The second-order valence-electron chi connectivity index (χ2n) is 19.3. The van der Waals surface area contributed by atoms with Crippen molar-refractivity contribution in [1.82, 2.24) is 5.32 Å². The molecule has 0 aliphatic rings. The Balaban J connectivity index is 3.53. The minimum atomic E-state index is -0.869. The van der Waals surface area contributed by atoms with Crippen molar-refractivity contribution in [1.29, 1.82) is 0 Å². The average molecular weight is 871 g/mol. The van der Waals surface area contributed by atoms with Gasteiger partial charge in [-0.2, -0.15) is 0 Å². The summed E-state index contributed by atoms with van der Waals surface area (Å²) in [6.07, 6.45) is 73.1. The summed E-state index contributed by atoms with van der Waals surface area (Å²) < 4.78 is 0. The van der Waals surface area contributed by atoms with Crippen LogP contribution in [0.4, 0.5) is 0 Å². The molecule has 0 spiro atoms. The fourth-order valence-electron chi connectivity index (χ4n) is 8.80. The van der Waals surface area contributed by atoms with Gasteiger partial charge in [0, 0.05) is 6.42 Å². The predicted octanol–water partition coefficient (Wildman–Crippen LogP) is 18.5. The van der Waals surface area contributed by atoms with E-state index in [0.29, 0.717) is 6.42 Å². The van der Waals surface area contributed by atoms with E-state index in [1.165, 1.54) is 250 Å². The van der Waals surface area contributed by atoms with Gasteiger partial charge in [0.1, 0.15) is 0 Å². The van der Waals surface area contributed by atoms with E-state index in [4.69, 9.17) is 0 Å². The molecule has 2 unspecified atom stereocenters. The zero-order valence-electron chi connectivity index (χ0n) is 42.2. The lowest BCUT2D eigenvalue weighted by molar-refractivity contribution is -0.123. The van der Waals surface area contributed by atoms with E-state index in [9.17, 15) is 15.0 Å². The van der Waals surface area contributed by atoms with Crippen LogP contribution in [-0.4, -0.2) is 34.9 Å². The number of aliphatic hydroxyl groups excluding tert-OH is 2. The average Bonchev–Trinajstić information content (AvgIpc) is 3.28. The fourth-order valence-corrected chi connectivity index (χ4v) is 8.80. The Labute approximate surface area is 389 Å². The van der Waals surface area contributed by atoms with E-state index in [0.717, 1.165) is 38.5 Å². The van der Waals surface area contributed by atoms with Crippen molar-refractivity contribution < 1.29 is 15.0 Å². The van der Waals surface area contributed by atoms with Crippen LogP contribution in [-0.2, 0) is 4.79 Å². The number of unbranched alkanes of at least 4 members (excludes halogenated alkanes) is 41. The number of carbonyl (C=O) groups is 1. The summed E-state index contributed by atoms with van der Waals surface area (Å²) in [5.41, 5.74) is 0. The molecule has 0 aliphatic carbocycles. The van der Waals surface area contributed by atoms with Crippen LogP contribution in [0.5, 0.6) is 0 Å². The van der Waals surface area contributed by atoms with Gasteiger partial charge >= 0.3 is 0 Å². The number of amides is 1. The standard InChI is InChI=1S/C58H111NO3/c1-3-5-7-9-11-13-15-17-19-21-23-25-27-28-29-30-31-32-33-35-37-39-41-43-45-47-49-51-53-57(61)56(55-60)59-58(62)54-52-50-48-46-44-42-40-38-36-34-26-24-22-20-18-16-14-12-10-8-6-4-2/h35,37,43,45,51,53,56-57,60-61H,3-34,36,38-42,44,46-50,52,54-55H2,1-2H3,(H,59,62)/b37-35+,45-43+,53-51+. The molecule has 0 aromatic carbocycles. The van der Waals surface area contributed by atoms with Gasteiger partial charge in [0.25, 0.3) is 0 Å². The lowest BCUT2D eigenvalue weighted by Crippen LogP contribution is -2.45. The van der Waals surface area contributed by atoms with Gasteiger partial charge in [-0.05, 0) is 44.9 Å². The molecule has 0 aromatic rings. The molecule has 4 nitrogen and oxygen atoms in total. The van der Waals surface area contributed by atoms with Crippen LogP contribution in [0.3, 0.4) is 0 Å². The van der Waals surface area contributed by atoms with Gasteiger partial charge < -0.3 is 15.5 Å². The van der Waals surface area contributed by atoms with E-state index in [1.807, 2.05) is 6.08 Å². The first-order valence-corrected chi connectivity index (χ1v) is 28.2. The van der Waals surface area contributed by atoms with E-state index >= 15 is 0 Å². The molecular weight excluding hydrogens is 759 g/mol. The highest BCUT2D eigenvalue weighted by Crippen LogP contribution is 2.17. The molecular formula is C58H111NO3. The molecule has 0 heterocycles. The lowest BCUT2D eigenvalue weighted by Gasteiger charge is -2.19. The minimum Gasteiger partial charge on any atom is -0.394 e. The Morgan fingerprint density at radius 1 is 0.371 bits per heavy atom. The first-order valence-electron chi connectivity index (χ1n) is 28.2. The van der Waals surface area contributed by atoms with Crippen molar-refractivity contribution in [3.63, 3.8) is 0 Å². The van der Waals surface area contributed by atoms with E-state index in [-0.39, 0.29) is 12.5 Å². The van der Waals surface area contributed by atoms with Crippen LogP contribution in [0, 0.1) is 0 Å². The van der Waals surface area contributed by atoms with Gasteiger partial charge in [-0.25, -0.2) is 0 Å². The second kappa shape index (κ2) is 53.9. The summed E-state index contributed by atoms with van der Waals surface area (Å²) >= 11 is 0. The zero-order chi connectivity index (χ0) is 44.9. The molecule has 3 N–H and O–H groups in total. The SMILES string of the molecule is CCCCCCCCCCCCCCCCCCCC/C=C/CC/C=C/CC/C=C/C(O)C(CO)NC(=O)CCCCCCCCCCCCCCCCCCCCCCCC. The highest BCUT2D eigenvalue weighted by Gasteiger charge is 2.18.